The molecule has 1 aliphatic rings. The van der Waals surface area contributed by atoms with Gasteiger partial charge in [-0.05, 0) is 44.4 Å². The van der Waals surface area contributed by atoms with Gasteiger partial charge in [-0.1, -0.05) is 18.2 Å². The number of thiophene rings is 1. The Morgan fingerprint density at radius 2 is 2.03 bits per heavy atom. The van der Waals surface area contributed by atoms with E-state index in [2.05, 4.69) is 4.99 Å². The Morgan fingerprint density at radius 1 is 1.30 bits per heavy atom. The number of carboxylic acids is 1. The SMILES string of the molecule is COc1ccccc1CCn1c(=O)n(C(C)(C)C(=O)O)c(=O)c2c(C)c(C3=NCCO3)sc21. The molecule has 0 saturated carbocycles. The predicted octanol–water partition coefficient (Wildman–Crippen LogP) is 2.38. The second-order valence-corrected chi connectivity index (χ2v) is 9.27. The molecule has 0 fully saturated rings. The summed E-state index contributed by atoms with van der Waals surface area (Å²) in [5, 5.41) is 10.1. The van der Waals surface area contributed by atoms with Gasteiger partial charge in [0.2, 0.25) is 5.90 Å². The third-order valence-corrected chi connectivity index (χ3v) is 7.17. The number of aliphatic imine (C=N–C) groups is 1. The second kappa shape index (κ2) is 8.51. The Balaban J connectivity index is 1.97. The Kier molecular flexibility index (Phi) is 5.87. The minimum atomic E-state index is -1.73. The maximum Gasteiger partial charge on any atom is 0.333 e. The molecule has 0 saturated heterocycles. The van der Waals surface area contributed by atoms with E-state index in [1.165, 1.54) is 29.8 Å². The van der Waals surface area contributed by atoms with Crippen molar-refractivity contribution in [1.82, 2.24) is 9.13 Å². The van der Waals surface area contributed by atoms with Crippen LogP contribution in [-0.4, -0.2) is 46.4 Å². The van der Waals surface area contributed by atoms with Gasteiger partial charge in [-0.25, -0.2) is 19.1 Å². The van der Waals surface area contributed by atoms with Gasteiger partial charge in [0.15, 0.2) is 0 Å². The molecule has 0 bridgehead atoms. The van der Waals surface area contributed by atoms with Crippen molar-refractivity contribution in [2.75, 3.05) is 20.3 Å². The largest absolute Gasteiger partial charge is 0.496 e. The molecule has 1 N–H and O–H groups in total. The molecule has 1 aliphatic heterocycles. The highest BCUT2D eigenvalue weighted by molar-refractivity contribution is 7.20. The number of benzene rings is 1. The van der Waals surface area contributed by atoms with Crippen LogP contribution >= 0.6 is 11.3 Å². The van der Waals surface area contributed by atoms with Crippen LogP contribution in [0, 0.1) is 6.92 Å². The Morgan fingerprint density at radius 3 is 2.67 bits per heavy atom. The number of ether oxygens (including phenoxy) is 2. The summed E-state index contributed by atoms with van der Waals surface area (Å²) in [6.07, 6.45) is 0.453. The normalized spacial score (nSPS) is 13.8. The van der Waals surface area contributed by atoms with Gasteiger partial charge in [0.1, 0.15) is 22.7 Å². The van der Waals surface area contributed by atoms with E-state index in [4.69, 9.17) is 9.47 Å². The van der Waals surface area contributed by atoms with Gasteiger partial charge >= 0.3 is 11.7 Å². The molecule has 0 atom stereocenters. The molecule has 0 aliphatic carbocycles. The third kappa shape index (κ3) is 3.74. The Bertz CT molecular complexity index is 1400. The van der Waals surface area contributed by atoms with E-state index in [0.717, 1.165) is 10.1 Å². The first-order valence-electron chi connectivity index (χ1n) is 10.5. The molecule has 9 nitrogen and oxygen atoms in total. The number of hydrogen-bond donors (Lipinski definition) is 1. The minimum absolute atomic E-state index is 0.235. The van der Waals surface area contributed by atoms with Crippen LogP contribution < -0.4 is 16.0 Å². The van der Waals surface area contributed by atoms with Crippen LogP contribution in [0.25, 0.3) is 10.2 Å². The maximum atomic E-state index is 13.5. The van der Waals surface area contributed by atoms with Crippen molar-refractivity contribution in [3.63, 3.8) is 0 Å². The average molecular weight is 472 g/mol. The van der Waals surface area contributed by atoms with E-state index >= 15 is 0 Å². The highest BCUT2D eigenvalue weighted by Crippen LogP contribution is 2.31. The molecular formula is C23H25N3O6S. The van der Waals surface area contributed by atoms with Gasteiger partial charge in [-0.3, -0.25) is 9.36 Å². The van der Waals surface area contributed by atoms with Gasteiger partial charge in [-0.15, -0.1) is 11.3 Å². The first kappa shape index (κ1) is 22.8. The minimum Gasteiger partial charge on any atom is -0.496 e. The number of nitrogens with zero attached hydrogens (tertiary/aromatic N) is 3. The fourth-order valence-electron chi connectivity index (χ4n) is 3.95. The van der Waals surface area contributed by atoms with Crippen molar-refractivity contribution in [3.05, 3.63) is 61.1 Å². The van der Waals surface area contributed by atoms with Gasteiger partial charge in [0.05, 0.1) is 23.9 Å². The van der Waals surface area contributed by atoms with E-state index < -0.39 is 22.8 Å². The monoisotopic (exact) mass is 471 g/mol. The molecule has 0 radical (unpaired) electrons. The van der Waals surface area contributed by atoms with E-state index in [-0.39, 0.29) is 6.54 Å². The Labute approximate surface area is 193 Å². The quantitative estimate of drug-likeness (QED) is 0.566. The summed E-state index contributed by atoms with van der Waals surface area (Å²) >= 11 is 1.26. The van der Waals surface area contributed by atoms with Gasteiger partial charge in [0, 0.05) is 6.54 Å². The molecule has 3 heterocycles. The molecule has 10 heteroatoms. The van der Waals surface area contributed by atoms with E-state index in [9.17, 15) is 19.5 Å². The smallest absolute Gasteiger partial charge is 0.333 e. The number of fused-ring (bicyclic) bond motifs is 1. The Hall–Kier alpha value is -3.40. The molecule has 174 valence electrons. The van der Waals surface area contributed by atoms with Gasteiger partial charge in [0.25, 0.3) is 5.56 Å². The van der Waals surface area contributed by atoms with Crippen molar-refractivity contribution in [2.24, 2.45) is 4.99 Å². The van der Waals surface area contributed by atoms with Crippen molar-refractivity contribution >= 4 is 33.4 Å². The lowest BCUT2D eigenvalue weighted by molar-refractivity contribution is -0.146. The number of carbonyl (C=O) groups is 1. The first-order chi connectivity index (χ1) is 15.7. The summed E-state index contributed by atoms with van der Waals surface area (Å²) in [5.74, 6) is -0.132. The number of hydrogen-bond acceptors (Lipinski definition) is 7. The summed E-state index contributed by atoms with van der Waals surface area (Å²) in [5.41, 5.74) is -1.51. The van der Waals surface area contributed by atoms with Crippen molar-refractivity contribution in [1.29, 1.82) is 0 Å². The fraction of sp³-hybridized carbons (Fsp3) is 0.391. The summed E-state index contributed by atoms with van der Waals surface area (Å²) in [6, 6.07) is 7.49. The lowest BCUT2D eigenvalue weighted by atomic mass is 10.1. The molecule has 0 unspecified atom stereocenters. The first-order valence-corrected chi connectivity index (χ1v) is 11.3. The van der Waals surface area contributed by atoms with Gasteiger partial charge in [-0.2, -0.15) is 0 Å². The second-order valence-electron chi connectivity index (χ2n) is 8.27. The highest BCUT2D eigenvalue weighted by atomic mass is 32.1. The third-order valence-electron chi connectivity index (χ3n) is 5.87. The molecular weight excluding hydrogens is 446 g/mol. The summed E-state index contributed by atoms with van der Waals surface area (Å²) in [4.78, 5) is 44.5. The van der Waals surface area contributed by atoms with Crippen molar-refractivity contribution in [2.45, 2.75) is 39.3 Å². The summed E-state index contributed by atoms with van der Waals surface area (Å²) in [6.45, 7) is 5.69. The number of aromatic nitrogens is 2. The van der Waals surface area contributed by atoms with Gasteiger partial charge < -0.3 is 14.6 Å². The number of carboxylic acid groups (broad SMARTS) is 1. The van der Waals surface area contributed by atoms with E-state index in [0.29, 0.717) is 51.9 Å². The van der Waals surface area contributed by atoms with Crippen LogP contribution in [0.2, 0.25) is 0 Å². The average Bonchev–Trinajstić information content (AvgIpc) is 3.41. The zero-order valence-corrected chi connectivity index (χ0v) is 19.7. The molecule has 2 aromatic heterocycles. The molecule has 33 heavy (non-hydrogen) atoms. The fourth-order valence-corrected chi connectivity index (χ4v) is 5.23. The number of para-hydroxylation sites is 1. The summed E-state index contributed by atoms with van der Waals surface area (Å²) in [7, 11) is 1.58. The topological polar surface area (TPSA) is 112 Å². The summed E-state index contributed by atoms with van der Waals surface area (Å²) < 4.78 is 13.3. The lowest BCUT2D eigenvalue weighted by Crippen LogP contribution is -2.52. The molecule has 1 aromatic carbocycles. The number of methoxy groups -OCH3 is 1. The number of aryl methyl sites for hydroxylation is 3. The van der Waals surface area contributed by atoms with Crippen LogP contribution in [0.1, 0.15) is 29.9 Å². The molecule has 0 amide bonds. The zero-order valence-electron chi connectivity index (χ0n) is 18.9. The highest BCUT2D eigenvalue weighted by Gasteiger charge is 2.35. The van der Waals surface area contributed by atoms with Crippen LogP contribution in [0.4, 0.5) is 0 Å². The van der Waals surface area contributed by atoms with E-state index in [1.54, 1.807) is 14.0 Å². The maximum absolute atomic E-state index is 13.5. The lowest BCUT2D eigenvalue weighted by Gasteiger charge is -2.23. The molecule has 4 rings (SSSR count). The standard InChI is InChI=1S/C23H25N3O6S/c1-13-16-19(27)26(23(2,3)21(28)29)22(30)25(11-9-14-7-5-6-8-15(14)31-4)20(16)33-17(13)18-24-10-12-32-18/h5-8H,9-12H2,1-4H3,(H,28,29). The van der Waals surface area contributed by atoms with Crippen LogP contribution in [-0.2, 0) is 28.0 Å². The van der Waals surface area contributed by atoms with Crippen molar-refractivity contribution in [3.8, 4) is 5.75 Å². The zero-order chi connectivity index (χ0) is 23.9. The van der Waals surface area contributed by atoms with Crippen LogP contribution in [0.3, 0.4) is 0 Å². The number of aliphatic carboxylic acids is 1. The van der Waals surface area contributed by atoms with Crippen LogP contribution in [0.15, 0.2) is 38.8 Å². The van der Waals surface area contributed by atoms with Crippen molar-refractivity contribution < 1.29 is 19.4 Å². The van der Waals surface area contributed by atoms with Crippen LogP contribution in [0.5, 0.6) is 5.75 Å². The predicted molar refractivity (Wildman–Crippen MR) is 126 cm³/mol. The van der Waals surface area contributed by atoms with E-state index in [1.807, 2.05) is 24.3 Å². The molecule has 0 spiro atoms. The molecule has 3 aromatic rings. The number of rotatable bonds is 7.